The SMILES string of the molecule is CCN(CC)CCNC(=O)c1ccc(NC(=S)NC(=O)/C=C/c2ccccc2OC)cc1. The van der Waals surface area contributed by atoms with Gasteiger partial charge in [0.1, 0.15) is 5.75 Å². The number of methoxy groups -OCH3 is 1. The number of thiocarbonyl (C=S) groups is 1. The maximum absolute atomic E-state index is 12.3. The van der Waals surface area contributed by atoms with Crippen molar-refractivity contribution in [3.8, 4) is 5.75 Å². The first-order chi connectivity index (χ1) is 15.5. The van der Waals surface area contributed by atoms with Gasteiger partial charge in [-0.25, -0.2) is 0 Å². The molecule has 170 valence electrons. The maximum Gasteiger partial charge on any atom is 0.251 e. The Bertz CT molecular complexity index is 941. The second-order valence-electron chi connectivity index (χ2n) is 6.88. The van der Waals surface area contributed by atoms with Gasteiger partial charge in [0, 0.05) is 36.0 Å². The molecule has 0 saturated carbocycles. The van der Waals surface area contributed by atoms with Crippen LogP contribution in [-0.4, -0.2) is 55.1 Å². The zero-order chi connectivity index (χ0) is 23.3. The largest absolute Gasteiger partial charge is 0.496 e. The van der Waals surface area contributed by atoms with E-state index in [9.17, 15) is 9.59 Å². The van der Waals surface area contributed by atoms with Crippen molar-refractivity contribution in [3.05, 3.63) is 65.7 Å². The standard InChI is InChI=1S/C24H30N4O3S/c1-4-28(5-2)17-16-25-23(30)19-10-13-20(14-11-19)26-24(32)27-22(29)15-12-18-8-6-7-9-21(18)31-3/h6-15H,4-5,16-17H2,1-3H3,(H,25,30)(H2,26,27,29,32)/b15-12+. The average molecular weight is 455 g/mol. The van der Waals surface area contributed by atoms with Gasteiger partial charge < -0.3 is 20.3 Å². The van der Waals surface area contributed by atoms with Crippen LogP contribution in [0.5, 0.6) is 5.75 Å². The van der Waals surface area contributed by atoms with E-state index >= 15 is 0 Å². The number of carbonyl (C=O) groups excluding carboxylic acids is 2. The Morgan fingerprint density at radius 1 is 1.06 bits per heavy atom. The quantitative estimate of drug-likeness (QED) is 0.378. The van der Waals surface area contributed by atoms with Crippen molar-refractivity contribution in [1.82, 2.24) is 15.5 Å². The van der Waals surface area contributed by atoms with Crippen LogP contribution in [-0.2, 0) is 4.79 Å². The highest BCUT2D eigenvalue weighted by Crippen LogP contribution is 2.18. The molecule has 7 nitrogen and oxygen atoms in total. The first-order valence-electron chi connectivity index (χ1n) is 10.5. The molecule has 0 aliphatic carbocycles. The highest BCUT2D eigenvalue weighted by Gasteiger charge is 2.07. The zero-order valence-electron chi connectivity index (χ0n) is 18.7. The molecule has 8 heteroatoms. The van der Waals surface area contributed by atoms with E-state index < -0.39 is 0 Å². The van der Waals surface area contributed by atoms with E-state index in [0.717, 1.165) is 25.2 Å². The molecule has 0 atom stereocenters. The Hall–Kier alpha value is -3.23. The average Bonchev–Trinajstić information content (AvgIpc) is 2.81. The number of ether oxygens (including phenoxy) is 1. The van der Waals surface area contributed by atoms with E-state index in [1.54, 1.807) is 37.5 Å². The summed E-state index contributed by atoms with van der Waals surface area (Å²) < 4.78 is 5.25. The molecule has 0 bridgehead atoms. The van der Waals surface area contributed by atoms with Crippen LogP contribution in [0.15, 0.2) is 54.6 Å². The number of nitrogens with zero attached hydrogens (tertiary/aromatic N) is 1. The number of amides is 2. The first kappa shape index (κ1) is 25.0. The molecule has 2 aromatic rings. The molecule has 0 aliphatic heterocycles. The smallest absolute Gasteiger partial charge is 0.251 e. The van der Waals surface area contributed by atoms with E-state index in [1.807, 2.05) is 24.3 Å². The van der Waals surface area contributed by atoms with Crippen molar-refractivity contribution in [3.63, 3.8) is 0 Å². The van der Waals surface area contributed by atoms with Gasteiger partial charge in [-0.05, 0) is 61.7 Å². The molecule has 0 fully saturated rings. The summed E-state index contributed by atoms with van der Waals surface area (Å²) in [5, 5.41) is 8.61. The fraction of sp³-hybridized carbons (Fsp3) is 0.292. The lowest BCUT2D eigenvalue weighted by atomic mass is 10.2. The number of benzene rings is 2. The van der Waals surface area contributed by atoms with Crippen LogP contribution in [0.3, 0.4) is 0 Å². The monoisotopic (exact) mass is 454 g/mol. The van der Waals surface area contributed by atoms with E-state index in [1.165, 1.54) is 6.08 Å². The summed E-state index contributed by atoms with van der Waals surface area (Å²) in [6.07, 6.45) is 3.04. The van der Waals surface area contributed by atoms with Gasteiger partial charge in [0.15, 0.2) is 5.11 Å². The number of likely N-dealkylation sites (N-methyl/N-ethyl adjacent to an activating group) is 1. The molecule has 0 spiro atoms. The molecule has 3 N–H and O–H groups in total. The lowest BCUT2D eigenvalue weighted by Gasteiger charge is -2.18. The molecule has 32 heavy (non-hydrogen) atoms. The topological polar surface area (TPSA) is 82.7 Å². The van der Waals surface area contributed by atoms with E-state index in [4.69, 9.17) is 17.0 Å². The number of anilines is 1. The minimum absolute atomic E-state index is 0.124. The Balaban J connectivity index is 1.82. The molecule has 0 saturated heterocycles. The minimum atomic E-state index is -0.363. The number of rotatable bonds is 10. The maximum atomic E-state index is 12.3. The van der Waals surface area contributed by atoms with Crippen LogP contribution in [0, 0.1) is 0 Å². The number of carbonyl (C=O) groups is 2. The summed E-state index contributed by atoms with van der Waals surface area (Å²) in [6, 6.07) is 14.3. The van der Waals surface area contributed by atoms with Crippen molar-refractivity contribution in [2.24, 2.45) is 0 Å². The van der Waals surface area contributed by atoms with Crippen molar-refractivity contribution in [2.45, 2.75) is 13.8 Å². The number of hydrogen-bond donors (Lipinski definition) is 3. The molecule has 2 amide bonds. The Labute approximate surface area is 194 Å². The van der Waals surface area contributed by atoms with Gasteiger partial charge in [-0.2, -0.15) is 0 Å². The predicted molar refractivity (Wildman–Crippen MR) is 133 cm³/mol. The number of hydrogen-bond acceptors (Lipinski definition) is 5. The molecule has 0 radical (unpaired) electrons. The third kappa shape index (κ3) is 8.13. The van der Waals surface area contributed by atoms with Gasteiger partial charge in [-0.3, -0.25) is 14.9 Å². The molecular weight excluding hydrogens is 424 g/mol. The molecule has 0 heterocycles. The summed E-state index contributed by atoms with van der Waals surface area (Å²) in [5.74, 6) is 0.188. The van der Waals surface area contributed by atoms with E-state index in [-0.39, 0.29) is 16.9 Å². The van der Waals surface area contributed by atoms with Crippen molar-refractivity contribution in [1.29, 1.82) is 0 Å². The molecule has 0 unspecified atom stereocenters. The van der Waals surface area contributed by atoms with Crippen LogP contribution in [0.25, 0.3) is 6.08 Å². The Morgan fingerprint density at radius 2 is 1.75 bits per heavy atom. The van der Waals surface area contributed by atoms with Crippen LogP contribution < -0.4 is 20.7 Å². The van der Waals surface area contributed by atoms with Gasteiger partial charge in [0.05, 0.1) is 7.11 Å². The van der Waals surface area contributed by atoms with Crippen LogP contribution >= 0.6 is 12.2 Å². The van der Waals surface area contributed by atoms with Gasteiger partial charge in [0.2, 0.25) is 5.91 Å². The first-order valence-corrected chi connectivity index (χ1v) is 10.9. The molecule has 0 aliphatic rings. The third-order valence-electron chi connectivity index (χ3n) is 4.80. The normalized spacial score (nSPS) is 10.8. The number of para-hydroxylation sites is 1. The molecule has 0 aromatic heterocycles. The summed E-state index contributed by atoms with van der Waals surface area (Å²) in [4.78, 5) is 26.6. The van der Waals surface area contributed by atoms with Crippen molar-refractivity contribution >= 4 is 40.9 Å². The highest BCUT2D eigenvalue weighted by molar-refractivity contribution is 7.80. The minimum Gasteiger partial charge on any atom is -0.496 e. The molecular formula is C24H30N4O3S. The van der Waals surface area contributed by atoms with Crippen LogP contribution in [0.1, 0.15) is 29.8 Å². The van der Waals surface area contributed by atoms with Gasteiger partial charge in [-0.15, -0.1) is 0 Å². The molecule has 2 aromatic carbocycles. The van der Waals surface area contributed by atoms with Crippen molar-refractivity contribution < 1.29 is 14.3 Å². The van der Waals surface area contributed by atoms with E-state index in [2.05, 4.69) is 34.7 Å². The summed E-state index contributed by atoms with van der Waals surface area (Å²) in [6.45, 7) is 7.52. The van der Waals surface area contributed by atoms with Crippen LogP contribution in [0.2, 0.25) is 0 Å². The van der Waals surface area contributed by atoms with Crippen LogP contribution in [0.4, 0.5) is 5.69 Å². The summed E-state index contributed by atoms with van der Waals surface area (Å²) >= 11 is 5.20. The zero-order valence-corrected chi connectivity index (χ0v) is 19.5. The van der Waals surface area contributed by atoms with Gasteiger partial charge in [-0.1, -0.05) is 32.0 Å². The predicted octanol–water partition coefficient (Wildman–Crippen LogP) is 3.29. The molecule has 2 rings (SSSR count). The van der Waals surface area contributed by atoms with E-state index in [0.29, 0.717) is 23.5 Å². The number of nitrogens with one attached hydrogen (secondary N) is 3. The lowest BCUT2D eigenvalue weighted by molar-refractivity contribution is -0.115. The van der Waals surface area contributed by atoms with Crippen molar-refractivity contribution in [2.75, 3.05) is 38.6 Å². The summed E-state index contributed by atoms with van der Waals surface area (Å²) in [7, 11) is 1.58. The fourth-order valence-electron chi connectivity index (χ4n) is 2.96. The lowest BCUT2D eigenvalue weighted by Crippen LogP contribution is -2.34. The van der Waals surface area contributed by atoms with Gasteiger partial charge >= 0.3 is 0 Å². The second kappa shape index (κ2) is 13.2. The summed E-state index contributed by atoms with van der Waals surface area (Å²) in [5.41, 5.74) is 2.02. The highest BCUT2D eigenvalue weighted by atomic mass is 32.1. The van der Waals surface area contributed by atoms with Gasteiger partial charge in [0.25, 0.3) is 5.91 Å². The second-order valence-corrected chi connectivity index (χ2v) is 7.29. The Kier molecular flexibility index (Phi) is 10.4. The fourth-order valence-corrected chi connectivity index (χ4v) is 3.18. The Morgan fingerprint density at radius 3 is 2.41 bits per heavy atom. The third-order valence-corrected chi connectivity index (χ3v) is 5.01.